The summed E-state index contributed by atoms with van der Waals surface area (Å²) in [6.45, 7) is 37.6. The van der Waals surface area contributed by atoms with Crippen LogP contribution in [0.3, 0.4) is 0 Å². The largest absolute Gasteiger partial charge is 0.379 e. The topological polar surface area (TPSA) is 191 Å². The molecule has 0 radical (unpaired) electrons. The minimum Gasteiger partial charge on any atom is -0.379 e. The summed E-state index contributed by atoms with van der Waals surface area (Å²) in [5.74, 6) is 0. The summed E-state index contributed by atoms with van der Waals surface area (Å²) in [6, 6.07) is 0. The number of nitrogens with zero attached hydrogens (tertiary/aromatic N) is 2. The van der Waals surface area contributed by atoms with Crippen LogP contribution in [0.4, 0.5) is 0 Å². The standard InChI is InChI=1S/C61H126N2O20/c1-9-21-64-33-41-72-49-58(50-73-42-34-65-22-10-2)80-29-17-62(18-30-81-59(51-74-43-35-66-23-11-3)52-75-44-36-67-24-12-4)57-63(19-31-82-60(53-76-45-37-68-25-13-5)54-77-46-38-69-26-14-6)20-32-83-61(55-78-47-39-70-27-15-7)56-79-48-40-71-28-16-8/h58-61H,9-57H2,1-8H3. The van der Waals surface area contributed by atoms with Crippen molar-refractivity contribution in [2.75, 3.05) is 271 Å². The summed E-state index contributed by atoms with van der Waals surface area (Å²) in [6.07, 6.45) is 6.40. The summed E-state index contributed by atoms with van der Waals surface area (Å²) in [5.41, 5.74) is 0. The number of ether oxygens (including phenoxy) is 20. The molecule has 0 aromatic heterocycles. The molecule has 0 aliphatic rings. The lowest BCUT2D eigenvalue weighted by atomic mass is 10.3. The molecule has 22 nitrogen and oxygen atoms in total. The van der Waals surface area contributed by atoms with E-state index in [1.165, 1.54) is 0 Å². The third-order valence-electron chi connectivity index (χ3n) is 11.6. The van der Waals surface area contributed by atoms with Crippen LogP contribution < -0.4 is 0 Å². The summed E-state index contributed by atoms with van der Waals surface area (Å²) in [4.78, 5) is 4.66. The Morgan fingerprint density at radius 3 is 0.470 bits per heavy atom. The van der Waals surface area contributed by atoms with Crippen LogP contribution in [0.5, 0.6) is 0 Å². The van der Waals surface area contributed by atoms with E-state index in [0.29, 0.717) is 271 Å². The third kappa shape index (κ3) is 61.2. The molecule has 0 atom stereocenters. The quantitative estimate of drug-likeness (QED) is 0.0465. The molecule has 0 rings (SSSR count). The molecule has 0 unspecified atom stereocenters. The molecule has 0 aliphatic carbocycles. The van der Waals surface area contributed by atoms with Crippen LogP contribution in [-0.2, 0) is 94.7 Å². The molecule has 83 heavy (non-hydrogen) atoms. The molecule has 0 heterocycles. The van der Waals surface area contributed by atoms with Gasteiger partial charge in [0.05, 0.1) is 192 Å². The molecule has 0 aromatic rings. The van der Waals surface area contributed by atoms with Crippen LogP contribution in [0.2, 0.25) is 0 Å². The van der Waals surface area contributed by atoms with Gasteiger partial charge in [-0.2, -0.15) is 0 Å². The Hall–Kier alpha value is -0.880. The van der Waals surface area contributed by atoms with E-state index in [-0.39, 0.29) is 24.4 Å². The molecule has 0 aromatic carbocycles. The fraction of sp³-hybridized carbons (Fsp3) is 1.00. The van der Waals surface area contributed by atoms with Gasteiger partial charge >= 0.3 is 0 Å². The number of hydrogen-bond acceptors (Lipinski definition) is 22. The van der Waals surface area contributed by atoms with Crippen LogP contribution in [0.25, 0.3) is 0 Å². The molecule has 0 amide bonds. The summed E-state index contributed by atoms with van der Waals surface area (Å²) < 4.78 is 120. The zero-order chi connectivity index (χ0) is 60.3. The maximum atomic E-state index is 6.59. The first-order valence-electron chi connectivity index (χ1n) is 32.2. The highest BCUT2D eigenvalue weighted by molar-refractivity contribution is 4.67. The Balaban J connectivity index is 6.72. The second kappa shape index (κ2) is 70.2. The van der Waals surface area contributed by atoms with E-state index in [0.717, 1.165) is 51.4 Å². The molecular formula is C61H126N2O20. The van der Waals surface area contributed by atoms with Gasteiger partial charge in [-0.05, 0) is 51.4 Å². The van der Waals surface area contributed by atoms with Crippen molar-refractivity contribution in [3.8, 4) is 0 Å². The Bertz CT molecular complexity index is 966. The smallest absolute Gasteiger partial charge is 0.104 e. The van der Waals surface area contributed by atoms with E-state index in [9.17, 15) is 0 Å². The van der Waals surface area contributed by atoms with Crippen LogP contribution in [0.1, 0.15) is 107 Å². The summed E-state index contributed by atoms with van der Waals surface area (Å²) in [5, 5.41) is 0. The van der Waals surface area contributed by atoms with Crippen molar-refractivity contribution in [2.24, 2.45) is 0 Å². The van der Waals surface area contributed by atoms with E-state index < -0.39 is 0 Å². The Morgan fingerprint density at radius 1 is 0.181 bits per heavy atom. The van der Waals surface area contributed by atoms with Crippen molar-refractivity contribution in [3.05, 3.63) is 0 Å². The average molecular weight is 1210 g/mol. The van der Waals surface area contributed by atoms with Crippen LogP contribution >= 0.6 is 0 Å². The molecule has 0 spiro atoms. The molecular weight excluding hydrogens is 1080 g/mol. The van der Waals surface area contributed by atoms with Crippen LogP contribution in [-0.4, -0.2) is 305 Å². The Labute approximate surface area is 504 Å². The zero-order valence-corrected chi connectivity index (χ0v) is 54.0. The predicted molar refractivity (Wildman–Crippen MR) is 322 cm³/mol. The van der Waals surface area contributed by atoms with Gasteiger partial charge in [0, 0.05) is 79.0 Å². The first kappa shape index (κ1) is 82.1. The van der Waals surface area contributed by atoms with Crippen LogP contribution in [0, 0.1) is 0 Å². The fourth-order valence-corrected chi connectivity index (χ4v) is 7.39. The highest BCUT2D eigenvalue weighted by atomic mass is 16.6. The van der Waals surface area contributed by atoms with E-state index >= 15 is 0 Å². The molecule has 0 aliphatic heterocycles. The maximum Gasteiger partial charge on any atom is 0.104 e. The van der Waals surface area contributed by atoms with Gasteiger partial charge in [0.1, 0.15) is 24.4 Å². The molecule has 0 N–H and O–H groups in total. The number of rotatable bonds is 74. The van der Waals surface area contributed by atoms with E-state index in [1.54, 1.807) is 0 Å². The lowest BCUT2D eigenvalue weighted by Crippen LogP contribution is -2.45. The van der Waals surface area contributed by atoms with Gasteiger partial charge in [0.15, 0.2) is 0 Å². The van der Waals surface area contributed by atoms with Gasteiger partial charge in [0.25, 0.3) is 0 Å². The van der Waals surface area contributed by atoms with E-state index in [2.05, 4.69) is 65.2 Å². The summed E-state index contributed by atoms with van der Waals surface area (Å²) >= 11 is 0. The Morgan fingerprint density at radius 2 is 0.325 bits per heavy atom. The molecule has 0 bridgehead atoms. The first-order valence-corrected chi connectivity index (χ1v) is 32.2. The average Bonchev–Trinajstić information content (AvgIpc) is 3.50. The molecule has 0 saturated heterocycles. The zero-order valence-electron chi connectivity index (χ0n) is 54.0. The van der Waals surface area contributed by atoms with E-state index in [4.69, 9.17) is 94.7 Å². The molecule has 0 saturated carbocycles. The van der Waals surface area contributed by atoms with Gasteiger partial charge in [-0.25, -0.2) is 0 Å². The van der Waals surface area contributed by atoms with Gasteiger partial charge in [-0.1, -0.05) is 55.4 Å². The van der Waals surface area contributed by atoms with E-state index in [1.807, 2.05) is 0 Å². The lowest BCUT2D eigenvalue weighted by Gasteiger charge is -2.32. The number of hydrogen-bond donors (Lipinski definition) is 0. The van der Waals surface area contributed by atoms with Gasteiger partial charge in [0.2, 0.25) is 0 Å². The minimum atomic E-state index is -0.305. The minimum absolute atomic E-state index is 0.305. The van der Waals surface area contributed by atoms with Crippen molar-refractivity contribution in [3.63, 3.8) is 0 Å². The SMILES string of the molecule is CCCOCCOCC(COCCOCCC)OCCN(CCOC(COCCOCCC)COCCOCCC)CN(CCOC(COCCOCCC)COCCOCCC)CCOC(COCCOCCC)COCCOCCC. The molecule has 500 valence electrons. The predicted octanol–water partition coefficient (Wildman–Crippen LogP) is 6.63. The van der Waals surface area contributed by atoms with Crippen molar-refractivity contribution >= 4 is 0 Å². The lowest BCUT2D eigenvalue weighted by molar-refractivity contribution is -0.0928. The second-order valence-electron chi connectivity index (χ2n) is 19.8. The van der Waals surface area contributed by atoms with Crippen molar-refractivity contribution in [1.82, 2.24) is 9.80 Å². The highest BCUT2D eigenvalue weighted by Gasteiger charge is 2.20. The normalized spacial score (nSPS) is 12.2. The van der Waals surface area contributed by atoms with Gasteiger partial charge in [-0.3, -0.25) is 9.80 Å². The van der Waals surface area contributed by atoms with Gasteiger partial charge in [-0.15, -0.1) is 0 Å². The Kier molecular flexibility index (Phi) is 69.5. The molecule has 22 heteroatoms. The maximum absolute atomic E-state index is 6.59. The fourth-order valence-electron chi connectivity index (χ4n) is 7.39. The summed E-state index contributed by atoms with van der Waals surface area (Å²) in [7, 11) is 0. The second-order valence-corrected chi connectivity index (χ2v) is 19.8. The third-order valence-corrected chi connectivity index (χ3v) is 11.6. The van der Waals surface area contributed by atoms with Crippen LogP contribution in [0.15, 0.2) is 0 Å². The monoisotopic (exact) mass is 1210 g/mol. The first-order chi connectivity index (χ1) is 41.0. The van der Waals surface area contributed by atoms with Crippen molar-refractivity contribution < 1.29 is 94.7 Å². The van der Waals surface area contributed by atoms with Crippen molar-refractivity contribution in [1.29, 1.82) is 0 Å². The van der Waals surface area contributed by atoms with Crippen molar-refractivity contribution in [2.45, 2.75) is 131 Å². The molecule has 0 fully saturated rings. The van der Waals surface area contributed by atoms with Gasteiger partial charge < -0.3 is 94.7 Å². The highest BCUT2D eigenvalue weighted by Crippen LogP contribution is 2.07.